The summed E-state index contributed by atoms with van der Waals surface area (Å²) >= 11 is 0. The molecule has 3 nitrogen and oxygen atoms in total. The average Bonchev–Trinajstić information content (AvgIpc) is 2.03. The van der Waals surface area contributed by atoms with Crippen molar-refractivity contribution >= 4 is 12.1 Å². The van der Waals surface area contributed by atoms with Gasteiger partial charge in [-0.3, -0.25) is 9.59 Å². The lowest BCUT2D eigenvalue weighted by atomic mass is 10.1. The maximum Gasteiger partial charge on any atom is 0.231 e. The predicted octanol–water partition coefficient (Wildman–Crippen LogP) is 0.522. The molecule has 0 atom stereocenters. The molecule has 1 aromatic carbocycles. The summed E-state index contributed by atoms with van der Waals surface area (Å²) in [5, 5.41) is 0. The topological polar surface area (TPSA) is 65.6 Å². The summed E-state index contributed by atoms with van der Waals surface area (Å²) in [5.74, 6) is -3.23. The van der Waals surface area contributed by atoms with E-state index in [0.717, 1.165) is 18.2 Å². The third-order valence-electron chi connectivity index (χ3n) is 1.32. The van der Waals surface area contributed by atoms with E-state index in [9.17, 15) is 18.4 Å². The number of rotatable bonds is 2. The van der Waals surface area contributed by atoms with Gasteiger partial charge in [-0.1, -0.05) is 6.07 Å². The standard InChI is InChI=1S/C8H4F2O2.H2O/c9-5-2-1-3-6(10)8(5)7(12)4-11;/h1-4H;1H2. The van der Waals surface area contributed by atoms with Gasteiger partial charge in [-0.25, -0.2) is 8.78 Å². The van der Waals surface area contributed by atoms with E-state index in [-0.39, 0.29) is 11.8 Å². The second-order valence-corrected chi connectivity index (χ2v) is 2.08. The van der Waals surface area contributed by atoms with Gasteiger partial charge in [-0.2, -0.15) is 0 Å². The van der Waals surface area contributed by atoms with Crippen molar-refractivity contribution in [3.8, 4) is 0 Å². The van der Waals surface area contributed by atoms with E-state index in [1.54, 1.807) is 0 Å². The molecule has 0 spiro atoms. The van der Waals surface area contributed by atoms with E-state index in [1.807, 2.05) is 0 Å². The highest BCUT2D eigenvalue weighted by molar-refractivity contribution is 6.33. The second-order valence-electron chi connectivity index (χ2n) is 2.08. The van der Waals surface area contributed by atoms with Gasteiger partial charge in [0.15, 0.2) is 6.29 Å². The van der Waals surface area contributed by atoms with Gasteiger partial charge in [0.1, 0.15) is 11.6 Å². The van der Waals surface area contributed by atoms with Crippen molar-refractivity contribution in [1.82, 2.24) is 0 Å². The van der Waals surface area contributed by atoms with Gasteiger partial charge in [0.05, 0.1) is 5.56 Å². The number of benzene rings is 1. The first-order chi connectivity index (χ1) is 5.66. The summed E-state index contributed by atoms with van der Waals surface area (Å²) in [6.07, 6.45) is -0.124. The fourth-order valence-electron chi connectivity index (χ4n) is 0.792. The first-order valence-electron chi connectivity index (χ1n) is 3.10. The molecule has 13 heavy (non-hydrogen) atoms. The van der Waals surface area contributed by atoms with Gasteiger partial charge in [0.25, 0.3) is 0 Å². The Morgan fingerprint density at radius 1 is 1.23 bits per heavy atom. The Balaban J connectivity index is 0.00000144. The first-order valence-corrected chi connectivity index (χ1v) is 3.10. The van der Waals surface area contributed by atoms with Crippen LogP contribution in [-0.2, 0) is 4.79 Å². The predicted molar refractivity (Wildman–Crippen MR) is 40.4 cm³/mol. The van der Waals surface area contributed by atoms with Crippen LogP contribution in [0.25, 0.3) is 0 Å². The lowest BCUT2D eigenvalue weighted by molar-refractivity contribution is -0.104. The highest BCUT2D eigenvalue weighted by atomic mass is 19.1. The van der Waals surface area contributed by atoms with Gasteiger partial charge >= 0.3 is 0 Å². The minimum Gasteiger partial charge on any atom is -0.412 e. The Morgan fingerprint density at radius 3 is 2.08 bits per heavy atom. The van der Waals surface area contributed by atoms with Crippen LogP contribution >= 0.6 is 0 Å². The number of hydrogen-bond donors (Lipinski definition) is 0. The maximum atomic E-state index is 12.7. The van der Waals surface area contributed by atoms with E-state index in [0.29, 0.717) is 0 Å². The van der Waals surface area contributed by atoms with Crippen LogP contribution in [0, 0.1) is 11.6 Å². The van der Waals surface area contributed by atoms with Crippen molar-refractivity contribution in [3.05, 3.63) is 35.4 Å². The van der Waals surface area contributed by atoms with Gasteiger partial charge in [0.2, 0.25) is 5.78 Å². The molecule has 0 saturated heterocycles. The minimum atomic E-state index is -1.19. The molecule has 0 aliphatic rings. The Hall–Kier alpha value is -1.62. The number of carbonyl (C=O) groups excluding carboxylic acids is 2. The van der Waals surface area contributed by atoms with Crippen molar-refractivity contribution in [2.45, 2.75) is 0 Å². The SMILES string of the molecule is O.O=CC(=O)c1c(F)cccc1F. The molecule has 0 amide bonds. The molecule has 0 aliphatic carbocycles. The maximum absolute atomic E-state index is 12.7. The van der Waals surface area contributed by atoms with Crippen LogP contribution < -0.4 is 0 Å². The summed E-state index contributed by atoms with van der Waals surface area (Å²) in [7, 11) is 0. The minimum absolute atomic E-state index is 0. The molecule has 70 valence electrons. The van der Waals surface area contributed by atoms with E-state index in [1.165, 1.54) is 0 Å². The monoisotopic (exact) mass is 188 g/mol. The molecule has 0 bridgehead atoms. The molecular weight excluding hydrogens is 182 g/mol. The Morgan fingerprint density at radius 2 is 1.69 bits per heavy atom. The van der Waals surface area contributed by atoms with E-state index >= 15 is 0 Å². The summed E-state index contributed by atoms with van der Waals surface area (Å²) in [6, 6.07) is 2.95. The van der Waals surface area contributed by atoms with E-state index in [2.05, 4.69) is 0 Å². The highest BCUT2D eigenvalue weighted by Crippen LogP contribution is 2.11. The zero-order chi connectivity index (χ0) is 9.14. The molecule has 0 heterocycles. The largest absolute Gasteiger partial charge is 0.412 e. The van der Waals surface area contributed by atoms with Crippen LogP contribution in [0.3, 0.4) is 0 Å². The molecule has 0 unspecified atom stereocenters. The average molecular weight is 188 g/mol. The van der Waals surface area contributed by atoms with Crippen molar-refractivity contribution in [3.63, 3.8) is 0 Å². The van der Waals surface area contributed by atoms with Gasteiger partial charge in [-0.05, 0) is 12.1 Å². The number of carbonyl (C=O) groups is 2. The van der Waals surface area contributed by atoms with Gasteiger partial charge in [0, 0.05) is 0 Å². The van der Waals surface area contributed by atoms with Crippen LogP contribution in [0.5, 0.6) is 0 Å². The third kappa shape index (κ3) is 2.16. The van der Waals surface area contributed by atoms with Crippen molar-refractivity contribution in [1.29, 1.82) is 0 Å². The molecule has 1 rings (SSSR count). The molecule has 0 aliphatic heterocycles. The zero-order valence-corrected chi connectivity index (χ0v) is 6.38. The van der Waals surface area contributed by atoms with Gasteiger partial charge < -0.3 is 5.48 Å². The van der Waals surface area contributed by atoms with Crippen LogP contribution in [0.1, 0.15) is 10.4 Å². The van der Waals surface area contributed by atoms with Crippen molar-refractivity contribution < 1.29 is 23.8 Å². The Labute approximate surface area is 72.3 Å². The number of halogens is 2. The molecule has 0 fully saturated rings. The highest BCUT2D eigenvalue weighted by Gasteiger charge is 2.15. The lowest BCUT2D eigenvalue weighted by Crippen LogP contribution is -2.06. The van der Waals surface area contributed by atoms with Gasteiger partial charge in [-0.15, -0.1) is 0 Å². The fraction of sp³-hybridized carbons (Fsp3) is 0. The normalized spacial score (nSPS) is 8.77. The van der Waals surface area contributed by atoms with Crippen LogP contribution in [0.2, 0.25) is 0 Å². The summed E-state index contributed by atoms with van der Waals surface area (Å²) in [6.45, 7) is 0. The number of hydrogen-bond acceptors (Lipinski definition) is 2. The lowest BCUT2D eigenvalue weighted by Gasteiger charge is -1.97. The van der Waals surface area contributed by atoms with Crippen LogP contribution in [0.4, 0.5) is 8.78 Å². The number of Topliss-reactive ketones (excluding diaryl/α,β-unsaturated/α-hetero) is 1. The Bertz CT molecular complexity index is 316. The summed E-state index contributed by atoms with van der Waals surface area (Å²) < 4.78 is 25.3. The number of aldehydes is 1. The third-order valence-corrected chi connectivity index (χ3v) is 1.32. The summed E-state index contributed by atoms with van der Waals surface area (Å²) in [4.78, 5) is 20.5. The van der Waals surface area contributed by atoms with Crippen LogP contribution in [-0.4, -0.2) is 17.5 Å². The van der Waals surface area contributed by atoms with Crippen molar-refractivity contribution in [2.75, 3.05) is 0 Å². The number of ketones is 1. The molecule has 0 aromatic heterocycles. The fourth-order valence-corrected chi connectivity index (χ4v) is 0.792. The summed E-state index contributed by atoms with van der Waals surface area (Å²) in [5.41, 5.74) is -0.799. The van der Waals surface area contributed by atoms with Crippen LogP contribution in [0.15, 0.2) is 18.2 Å². The molecule has 5 heteroatoms. The Kier molecular flexibility index (Phi) is 3.87. The zero-order valence-electron chi connectivity index (χ0n) is 6.38. The smallest absolute Gasteiger partial charge is 0.231 e. The first kappa shape index (κ1) is 11.4. The molecule has 2 N–H and O–H groups in total. The van der Waals surface area contributed by atoms with Crippen molar-refractivity contribution in [2.24, 2.45) is 0 Å². The molecule has 0 radical (unpaired) electrons. The molecule has 0 saturated carbocycles. The molecule has 1 aromatic rings. The second kappa shape index (κ2) is 4.42. The van der Waals surface area contributed by atoms with E-state index < -0.39 is 23.0 Å². The van der Waals surface area contributed by atoms with E-state index in [4.69, 9.17) is 0 Å². The quantitative estimate of drug-likeness (QED) is 0.385. The molecular formula is C8H6F2O3.